The molecule has 0 aliphatic carbocycles. The average Bonchev–Trinajstić information content (AvgIpc) is 1.77. The first-order valence-electron chi connectivity index (χ1n) is 2.51. The Hall–Kier alpha value is 0.130. The van der Waals surface area contributed by atoms with Crippen LogP contribution in [-0.2, 0) is 4.84 Å². The SMILES string of the molecule is Cl.OC1CNOCC1O. The van der Waals surface area contributed by atoms with E-state index in [4.69, 9.17) is 10.2 Å². The molecule has 3 N–H and O–H groups in total. The molecule has 0 amide bonds. The molecule has 0 aromatic rings. The lowest BCUT2D eigenvalue weighted by molar-refractivity contribution is -0.118. The van der Waals surface area contributed by atoms with Crippen LogP contribution in [0.2, 0.25) is 0 Å². The van der Waals surface area contributed by atoms with Crippen LogP contribution in [0.1, 0.15) is 0 Å². The molecule has 1 saturated heterocycles. The number of halogens is 1. The summed E-state index contributed by atoms with van der Waals surface area (Å²) < 4.78 is 0. The van der Waals surface area contributed by atoms with Crippen molar-refractivity contribution in [2.45, 2.75) is 12.2 Å². The van der Waals surface area contributed by atoms with Crippen LogP contribution in [0, 0.1) is 0 Å². The Morgan fingerprint density at radius 1 is 1.33 bits per heavy atom. The highest BCUT2D eigenvalue weighted by Crippen LogP contribution is 1.96. The number of nitrogens with one attached hydrogen (secondary N) is 1. The lowest BCUT2D eigenvalue weighted by Crippen LogP contribution is -2.45. The minimum Gasteiger partial charge on any atom is -0.389 e. The van der Waals surface area contributed by atoms with E-state index in [2.05, 4.69) is 10.3 Å². The number of β-amino-alcohol motifs (C(OH)–C–C–N with tert-alkyl or cyclic N) is 1. The van der Waals surface area contributed by atoms with Gasteiger partial charge in [-0.1, -0.05) is 0 Å². The molecule has 9 heavy (non-hydrogen) atoms. The first-order chi connectivity index (χ1) is 3.80. The molecule has 1 fully saturated rings. The van der Waals surface area contributed by atoms with Crippen LogP contribution in [0.4, 0.5) is 0 Å². The Morgan fingerprint density at radius 3 is 2.33 bits per heavy atom. The summed E-state index contributed by atoms with van der Waals surface area (Å²) >= 11 is 0. The minimum absolute atomic E-state index is 0. The van der Waals surface area contributed by atoms with Gasteiger partial charge in [0.2, 0.25) is 0 Å². The third kappa shape index (κ3) is 2.47. The molecular formula is C4H10ClNO3. The van der Waals surface area contributed by atoms with Crippen LogP contribution in [-0.4, -0.2) is 35.6 Å². The van der Waals surface area contributed by atoms with Crippen LogP contribution in [0.25, 0.3) is 0 Å². The molecule has 56 valence electrons. The molecule has 0 radical (unpaired) electrons. The van der Waals surface area contributed by atoms with Crippen molar-refractivity contribution >= 4 is 12.4 Å². The monoisotopic (exact) mass is 155 g/mol. The number of rotatable bonds is 0. The van der Waals surface area contributed by atoms with Crippen LogP contribution in [0.3, 0.4) is 0 Å². The number of aliphatic hydroxyl groups excluding tert-OH is 2. The molecule has 1 aliphatic rings. The highest BCUT2D eigenvalue weighted by atomic mass is 35.5. The largest absolute Gasteiger partial charge is 0.389 e. The first kappa shape index (κ1) is 9.13. The maximum absolute atomic E-state index is 8.79. The van der Waals surface area contributed by atoms with Gasteiger partial charge in [-0.3, -0.25) is 4.84 Å². The molecule has 0 spiro atoms. The predicted octanol–water partition coefficient (Wildman–Crippen LogP) is -1.34. The van der Waals surface area contributed by atoms with Crippen LogP contribution in [0.5, 0.6) is 0 Å². The normalized spacial score (nSPS) is 35.3. The summed E-state index contributed by atoms with van der Waals surface area (Å²) in [6, 6.07) is 0. The van der Waals surface area contributed by atoms with Gasteiger partial charge < -0.3 is 10.2 Å². The summed E-state index contributed by atoms with van der Waals surface area (Å²) in [6.07, 6.45) is -1.40. The second-order valence-corrected chi connectivity index (χ2v) is 1.79. The van der Waals surface area contributed by atoms with Crippen molar-refractivity contribution in [1.82, 2.24) is 5.48 Å². The topological polar surface area (TPSA) is 61.7 Å². The van der Waals surface area contributed by atoms with E-state index in [1.54, 1.807) is 0 Å². The Kier molecular flexibility index (Phi) is 4.09. The molecule has 0 aromatic carbocycles. The molecule has 0 aromatic heterocycles. The zero-order valence-corrected chi connectivity index (χ0v) is 5.60. The Balaban J connectivity index is 0.000000640. The van der Waals surface area contributed by atoms with E-state index >= 15 is 0 Å². The molecule has 1 rings (SSSR count). The van der Waals surface area contributed by atoms with E-state index in [1.807, 2.05) is 0 Å². The van der Waals surface area contributed by atoms with Crippen LogP contribution >= 0.6 is 12.4 Å². The smallest absolute Gasteiger partial charge is 0.106 e. The summed E-state index contributed by atoms with van der Waals surface area (Å²) in [5.74, 6) is 0. The third-order valence-corrected chi connectivity index (χ3v) is 1.09. The van der Waals surface area contributed by atoms with Crippen molar-refractivity contribution in [1.29, 1.82) is 0 Å². The van der Waals surface area contributed by atoms with Gasteiger partial charge in [-0.15, -0.1) is 12.4 Å². The Labute approximate surface area is 59.2 Å². The van der Waals surface area contributed by atoms with Gasteiger partial charge >= 0.3 is 0 Å². The van der Waals surface area contributed by atoms with Gasteiger partial charge in [0.15, 0.2) is 0 Å². The predicted molar refractivity (Wildman–Crippen MR) is 33.2 cm³/mol. The standard InChI is InChI=1S/C4H9NO3.ClH/c6-3-1-5-8-2-4(3)7;/h3-7H,1-2H2;1H. The van der Waals surface area contributed by atoms with E-state index in [-0.39, 0.29) is 19.0 Å². The molecule has 4 nitrogen and oxygen atoms in total. The zero-order chi connectivity index (χ0) is 5.98. The molecule has 2 unspecified atom stereocenters. The van der Waals surface area contributed by atoms with E-state index in [9.17, 15) is 0 Å². The zero-order valence-electron chi connectivity index (χ0n) is 4.78. The fourth-order valence-corrected chi connectivity index (χ4v) is 0.536. The lowest BCUT2D eigenvalue weighted by Gasteiger charge is -2.23. The van der Waals surface area contributed by atoms with Crippen molar-refractivity contribution in [2.75, 3.05) is 13.2 Å². The molecule has 0 saturated carbocycles. The summed E-state index contributed by atoms with van der Waals surface area (Å²) in [5, 5.41) is 17.5. The van der Waals surface area contributed by atoms with Crippen LogP contribution < -0.4 is 5.48 Å². The number of hydroxylamine groups is 1. The van der Waals surface area contributed by atoms with E-state index in [1.165, 1.54) is 0 Å². The summed E-state index contributed by atoms with van der Waals surface area (Å²) in [7, 11) is 0. The summed E-state index contributed by atoms with van der Waals surface area (Å²) in [6.45, 7) is 0.475. The number of hydrogen-bond donors (Lipinski definition) is 3. The van der Waals surface area contributed by atoms with Crippen molar-refractivity contribution in [3.63, 3.8) is 0 Å². The molecule has 1 heterocycles. The van der Waals surface area contributed by atoms with Gasteiger partial charge in [-0.05, 0) is 0 Å². The number of aliphatic hydroxyl groups is 2. The van der Waals surface area contributed by atoms with Gasteiger partial charge in [0, 0.05) is 6.54 Å². The van der Waals surface area contributed by atoms with Gasteiger partial charge in [0.1, 0.15) is 6.10 Å². The van der Waals surface area contributed by atoms with Crippen molar-refractivity contribution in [3.05, 3.63) is 0 Å². The fourth-order valence-electron chi connectivity index (χ4n) is 0.536. The fraction of sp³-hybridized carbons (Fsp3) is 1.00. The molecular weight excluding hydrogens is 146 g/mol. The average molecular weight is 156 g/mol. The van der Waals surface area contributed by atoms with Gasteiger partial charge in [0.05, 0.1) is 12.7 Å². The highest BCUT2D eigenvalue weighted by molar-refractivity contribution is 5.85. The van der Waals surface area contributed by atoms with E-state index in [0.29, 0.717) is 6.54 Å². The lowest BCUT2D eigenvalue weighted by atomic mass is 10.2. The van der Waals surface area contributed by atoms with Gasteiger partial charge in [-0.25, -0.2) is 0 Å². The van der Waals surface area contributed by atoms with Gasteiger partial charge in [-0.2, -0.15) is 5.48 Å². The highest BCUT2D eigenvalue weighted by Gasteiger charge is 2.20. The Morgan fingerprint density at radius 2 is 2.00 bits per heavy atom. The second kappa shape index (κ2) is 4.03. The van der Waals surface area contributed by atoms with Crippen molar-refractivity contribution in [3.8, 4) is 0 Å². The van der Waals surface area contributed by atoms with E-state index in [0.717, 1.165) is 0 Å². The van der Waals surface area contributed by atoms with Crippen molar-refractivity contribution < 1.29 is 15.1 Å². The van der Waals surface area contributed by atoms with E-state index < -0.39 is 12.2 Å². The maximum atomic E-state index is 8.79. The molecule has 0 bridgehead atoms. The first-order valence-corrected chi connectivity index (χ1v) is 2.51. The maximum Gasteiger partial charge on any atom is 0.106 e. The third-order valence-electron chi connectivity index (χ3n) is 1.09. The Bertz CT molecular complexity index is 72.2. The van der Waals surface area contributed by atoms with Crippen molar-refractivity contribution in [2.24, 2.45) is 0 Å². The second-order valence-electron chi connectivity index (χ2n) is 1.79. The summed E-state index contributed by atoms with van der Waals surface area (Å²) in [4.78, 5) is 4.59. The molecule has 5 heteroatoms. The minimum atomic E-state index is -0.726. The molecule has 1 aliphatic heterocycles. The quantitative estimate of drug-likeness (QED) is 0.406. The molecule has 2 atom stereocenters. The van der Waals surface area contributed by atoms with Crippen LogP contribution in [0.15, 0.2) is 0 Å². The number of hydrogen-bond acceptors (Lipinski definition) is 4. The summed E-state index contributed by atoms with van der Waals surface area (Å²) in [5.41, 5.74) is 2.45. The van der Waals surface area contributed by atoms with Gasteiger partial charge in [0.25, 0.3) is 0 Å².